The number of methoxy groups -OCH3 is 2. The summed E-state index contributed by atoms with van der Waals surface area (Å²) in [6.45, 7) is 5.85. The van der Waals surface area contributed by atoms with Gasteiger partial charge in [0.2, 0.25) is 5.91 Å². The van der Waals surface area contributed by atoms with Gasteiger partial charge in [0.15, 0.2) is 4.96 Å². The number of nitrogens with zero attached hydrogens (tertiary/aromatic N) is 4. The zero-order valence-electron chi connectivity index (χ0n) is 22.7. The minimum absolute atomic E-state index is 0.295. The van der Waals surface area contributed by atoms with Crippen LogP contribution >= 0.6 is 11.3 Å². The molecule has 2 aliphatic rings. The number of hydrogen-bond donors (Lipinski definition) is 0. The Hall–Kier alpha value is -2.62. The van der Waals surface area contributed by atoms with Crippen LogP contribution in [0.1, 0.15) is 44.2 Å². The average molecular weight is 541 g/mol. The third kappa shape index (κ3) is 6.50. The summed E-state index contributed by atoms with van der Waals surface area (Å²) >= 11 is 1.63. The number of amides is 1. The van der Waals surface area contributed by atoms with Gasteiger partial charge in [-0.15, -0.1) is 11.3 Å². The van der Waals surface area contributed by atoms with Crippen LogP contribution in [0.4, 0.5) is 0 Å². The van der Waals surface area contributed by atoms with Crippen molar-refractivity contribution in [1.82, 2.24) is 19.2 Å². The molecule has 0 atom stereocenters. The van der Waals surface area contributed by atoms with Gasteiger partial charge in [-0.1, -0.05) is 25.7 Å². The molecule has 9 heteroatoms. The molecule has 38 heavy (non-hydrogen) atoms. The van der Waals surface area contributed by atoms with E-state index in [1.165, 1.54) is 31.4 Å². The quantitative estimate of drug-likeness (QED) is 0.330. The fraction of sp³-hybridized carbons (Fsp3) is 0.586. The van der Waals surface area contributed by atoms with E-state index in [0.29, 0.717) is 12.3 Å². The third-order valence-electron chi connectivity index (χ3n) is 7.99. The molecule has 1 saturated heterocycles. The molecule has 0 radical (unpaired) electrons. The fourth-order valence-corrected chi connectivity index (χ4v) is 6.54. The molecule has 2 aromatic heterocycles. The van der Waals surface area contributed by atoms with Crippen LogP contribution < -0.4 is 9.47 Å². The molecule has 206 valence electrons. The second kappa shape index (κ2) is 13.0. The lowest BCUT2D eigenvalue weighted by Crippen LogP contribution is -2.43. The predicted octanol–water partition coefficient (Wildman–Crippen LogP) is 4.75. The Kier molecular flexibility index (Phi) is 9.19. The van der Waals surface area contributed by atoms with Crippen molar-refractivity contribution in [2.45, 2.75) is 44.9 Å². The van der Waals surface area contributed by atoms with Gasteiger partial charge in [0.05, 0.1) is 33.1 Å². The second-order valence-corrected chi connectivity index (χ2v) is 11.2. The van der Waals surface area contributed by atoms with Crippen LogP contribution in [-0.2, 0) is 16.0 Å². The number of aromatic nitrogens is 2. The minimum atomic E-state index is 0.295. The van der Waals surface area contributed by atoms with Gasteiger partial charge >= 0.3 is 0 Å². The number of morpholine rings is 1. The van der Waals surface area contributed by atoms with Crippen molar-refractivity contribution in [2.75, 3.05) is 60.2 Å². The lowest BCUT2D eigenvalue weighted by Gasteiger charge is -2.30. The highest BCUT2D eigenvalue weighted by Crippen LogP contribution is 2.34. The molecule has 1 amide bonds. The number of hydrogen-bond acceptors (Lipinski definition) is 7. The van der Waals surface area contributed by atoms with E-state index in [0.717, 1.165) is 92.4 Å². The summed E-state index contributed by atoms with van der Waals surface area (Å²) in [6, 6.07) is 5.76. The molecule has 0 bridgehead atoms. The summed E-state index contributed by atoms with van der Waals surface area (Å²) < 4.78 is 18.7. The standard InChI is InChI=1S/C29H40N4O4S/c1-35-24-8-9-27(36-2)25(19-24)26-20-33-23(21-38-29(33)30-26)11-12-32(14-13-31-15-17-37-18-16-31)28(34)10-7-22-5-3-4-6-22/h8-9,19-22H,3-7,10-18H2,1-2H3. The first-order chi connectivity index (χ1) is 18.6. The number of carbonyl (C=O) groups is 1. The molecule has 1 aromatic carbocycles. The SMILES string of the molecule is COc1ccc(OC)c(-c2cn3c(CCN(CCN4CCOCC4)C(=O)CCC4CCCC4)csc3n2)c1. The van der Waals surface area contributed by atoms with Crippen LogP contribution in [0.2, 0.25) is 0 Å². The number of fused-ring (bicyclic) bond motifs is 1. The summed E-state index contributed by atoms with van der Waals surface area (Å²) in [6.07, 6.45) is 9.77. The zero-order valence-corrected chi connectivity index (χ0v) is 23.5. The zero-order chi connectivity index (χ0) is 26.3. The van der Waals surface area contributed by atoms with Gasteiger partial charge in [-0.25, -0.2) is 4.98 Å². The van der Waals surface area contributed by atoms with Crippen molar-refractivity contribution < 1.29 is 19.0 Å². The minimum Gasteiger partial charge on any atom is -0.497 e. The molecular formula is C29H40N4O4S. The normalized spacial score (nSPS) is 16.8. The fourth-order valence-electron chi connectivity index (χ4n) is 5.64. The molecular weight excluding hydrogens is 500 g/mol. The number of imidazole rings is 1. The Balaban J connectivity index is 1.28. The summed E-state index contributed by atoms with van der Waals surface area (Å²) in [5.74, 6) is 2.56. The molecule has 8 nitrogen and oxygen atoms in total. The highest BCUT2D eigenvalue weighted by Gasteiger charge is 2.21. The summed E-state index contributed by atoms with van der Waals surface area (Å²) in [4.78, 5) is 23.7. The van der Waals surface area contributed by atoms with E-state index in [2.05, 4.69) is 25.8 Å². The number of benzene rings is 1. The van der Waals surface area contributed by atoms with Gasteiger partial charge in [0, 0.05) is 68.4 Å². The first-order valence-electron chi connectivity index (χ1n) is 13.9. The monoisotopic (exact) mass is 540 g/mol. The number of ether oxygens (including phenoxy) is 3. The Bertz CT molecular complexity index is 1200. The molecule has 2 fully saturated rings. The maximum atomic E-state index is 13.4. The van der Waals surface area contributed by atoms with E-state index < -0.39 is 0 Å². The smallest absolute Gasteiger partial charge is 0.222 e. The van der Waals surface area contributed by atoms with E-state index in [4.69, 9.17) is 19.2 Å². The molecule has 5 rings (SSSR count). The van der Waals surface area contributed by atoms with E-state index >= 15 is 0 Å². The van der Waals surface area contributed by atoms with Gasteiger partial charge < -0.3 is 19.1 Å². The van der Waals surface area contributed by atoms with Gasteiger partial charge in [-0.05, 0) is 30.5 Å². The van der Waals surface area contributed by atoms with Crippen LogP contribution in [0.15, 0.2) is 29.8 Å². The summed E-state index contributed by atoms with van der Waals surface area (Å²) in [5.41, 5.74) is 2.93. The molecule has 1 aliphatic heterocycles. The largest absolute Gasteiger partial charge is 0.497 e. The van der Waals surface area contributed by atoms with Gasteiger partial charge in [0.1, 0.15) is 11.5 Å². The molecule has 1 aliphatic carbocycles. The topological polar surface area (TPSA) is 68.5 Å². The highest BCUT2D eigenvalue weighted by molar-refractivity contribution is 7.15. The van der Waals surface area contributed by atoms with Crippen molar-refractivity contribution in [2.24, 2.45) is 5.92 Å². The second-order valence-electron chi connectivity index (χ2n) is 10.3. The predicted molar refractivity (Wildman–Crippen MR) is 150 cm³/mol. The average Bonchev–Trinajstić information content (AvgIpc) is 3.71. The summed E-state index contributed by atoms with van der Waals surface area (Å²) in [7, 11) is 3.33. The number of rotatable bonds is 12. The van der Waals surface area contributed by atoms with E-state index in [9.17, 15) is 4.79 Å². The van der Waals surface area contributed by atoms with Crippen LogP contribution in [-0.4, -0.2) is 85.2 Å². The van der Waals surface area contributed by atoms with Crippen molar-refractivity contribution in [3.05, 3.63) is 35.5 Å². The van der Waals surface area contributed by atoms with Gasteiger partial charge in [0.25, 0.3) is 0 Å². The third-order valence-corrected chi connectivity index (χ3v) is 8.88. The molecule has 0 unspecified atom stereocenters. The Morgan fingerprint density at radius 3 is 2.74 bits per heavy atom. The highest BCUT2D eigenvalue weighted by atomic mass is 32.1. The van der Waals surface area contributed by atoms with Crippen molar-refractivity contribution in [1.29, 1.82) is 0 Å². The Labute approximate surface area is 229 Å². The van der Waals surface area contributed by atoms with E-state index in [1.807, 2.05) is 18.2 Å². The molecule has 3 aromatic rings. The molecule has 3 heterocycles. The first kappa shape index (κ1) is 27.0. The molecule has 1 saturated carbocycles. The van der Waals surface area contributed by atoms with Crippen LogP contribution in [0.3, 0.4) is 0 Å². The van der Waals surface area contributed by atoms with Crippen LogP contribution in [0.5, 0.6) is 11.5 Å². The van der Waals surface area contributed by atoms with Gasteiger partial charge in [-0.2, -0.15) is 0 Å². The maximum absolute atomic E-state index is 13.4. The van der Waals surface area contributed by atoms with Gasteiger partial charge in [-0.3, -0.25) is 14.1 Å². The molecule has 0 N–H and O–H groups in total. The Morgan fingerprint density at radius 1 is 1.16 bits per heavy atom. The Morgan fingerprint density at radius 2 is 1.97 bits per heavy atom. The van der Waals surface area contributed by atoms with Crippen LogP contribution in [0, 0.1) is 5.92 Å². The van der Waals surface area contributed by atoms with E-state index in [1.54, 1.807) is 25.6 Å². The lowest BCUT2D eigenvalue weighted by atomic mass is 10.0. The van der Waals surface area contributed by atoms with Crippen LogP contribution in [0.25, 0.3) is 16.2 Å². The first-order valence-corrected chi connectivity index (χ1v) is 14.8. The van der Waals surface area contributed by atoms with Crippen molar-refractivity contribution in [3.8, 4) is 22.8 Å². The lowest BCUT2D eigenvalue weighted by molar-refractivity contribution is -0.131. The van der Waals surface area contributed by atoms with Crippen molar-refractivity contribution in [3.63, 3.8) is 0 Å². The molecule has 0 spiro atoms. The van der Waals surface area contributed by atoms with Crippen molar-refractivity contribution >= 4 is 22.2 Å². The van der Waals surface area contributed by atoms with E-state index in [-0.39, 0.29) is 0 Å². The number of carbonyl (C=O) groups excluding carboxylic acids is 1. The number of thiazole rings is 1. The maximum Gasteiger partial charge on any atom is 0.222 e. The summed E-state index contributed by atoms with van der Waals surface area (Å²) in [5, 5.41) is 2.16.